The summed E-state index contributed by atoms with van der Waals surface area (Å²) in [6.45, 7) is 0.375. The predicted octanol–water partition coefficient (Wildman–Crippen LogP) is 0.962. The lowest BCUT2D eigenvalue weighted by molar-refractivity contribution is -0.758. The summed E-state index contributed by atoms with van der Waals surface area (Å²) >= 11 is 0. The van der Waals surface area contributed by atoms with E-state index in [1.54, 1.807) is 19.2 Å². The van der Waals surface area contributed by atoms with Crippen LogP contribution in [0.1, 0.15) is 11.1 Å². The zero-order chi connectivity index (χ0) is 14.6. The molecule has 0 saturated heterocycles. The van der Waals surface area contributed by atoms with Crippen LogP contribution in [0.15, 0.2) is 59.5 Å². The molecule has 0 bridgehead atoms. The molecule has 0 aliphatic rings. The molecule has 2 rings (SSSR count). The molecule has 2 aromatic carbocycles. The summed E-state index contributed by atoms with van der Waals surface area (Å²) < 4.78 is 25.3. The van der Waals surface area contributed by atoms with Crippen LogP contribution >= 0.6 is 0 Å². The largest absolute Gasteiger partial charge is 0.325 e. The van der Waals surface area contributed by atoms with Gasteiger partial charge in [-0.15, -0.1) is 0 Å². The highest BCUT2D eigenvalue weighted by molar-refractivity contribution is 7.85. The molecule has 0 fully saturated rings. The highest BCUT2D eigenvalue weighted by atomic mass is 32.2. The average Bonchev–Trinajstić information content (AvgIpc) is 2.48. The molecule has 0 saturated carbocycles. The summed E-state index contributed by atoms with van der Waals surface area (Å²) in [5.74, 6) is 0. The molecule has 0 aliphatic heterocycles. The molecule has 0 radical (unpaired) electrons. The van der Waals surface area contributed by atoms with Crippen molar-refractivity contribution in [2.24, 2.45) is 0 Å². The zero-order valence-corrected chi connectivity index (χ0v) is 11.9. The molecule has 0 aromatic heterocycles. The molecule has 5 heteroatoms. The minimum atomic E-state index is -3.50. The van der Waals surface area contributed by atoms with Crippen LogP contribution in [0.3, 0.4) is 0 Å². The summed E-state index contributed by atoms with van der Waals surface area (Å²) in [7, 11) is -1.89. The molecule has 0 heterocycles. The van der Waals surface area contributed by atoms with E-state index in [-0.39, 0.29) is 4.90 Å². The maximum atomic E-state index is 12.5. The van der Waals surface area contributed by atoms with Gasteiger partial charge < -0.3 is 0 Å². The van der Waals surface area contributed by atoms with Crippen molar-refractivity contribution in [3.05, 3.63) is 65.7 Å². The summed E-state index contributed by atoms with van der Waals surface area (Å²) in [5, 5.41) is 8.85. The van der Waals surface area contributed by atoms with Crippen molar-refractivity contribution in [2.75, 3.05) is 7.05 Å². The second kappa shape index (κ2) is 5.87. The van der Waals surface area contributed by atoms with Gasteiger partial charge in [0.05, 0.1) is 18.7 Å². The number of nitrogens with one attached hydrogen (secondary N) is 1. The molecular formula is C15H15N2O2S+. The van der Waals surface area contributed by atoms with Crippen molar-refractivity contribution in [2.45, 2.75) is 11.4 Å². The Balaban J connectivity index is 2.28. The van der Waals surface area contributed by atoms with E-state index in [4.69, 9.17) is 5.26 Å². The van der Waals surface area contributed by atoms with Gasteiger partial charge in [-0.2, -0.15) is 13.7 Å². The van der Waals surface area contributed by atoms with E-state index in [0.717, 1.165) is 5.56 Å². The maximum Gasteiger partial charge on any atom is 0.325 e. The summed E-state index contributed by atoms with van der Waals surface area (Å²) in [5.41, 5.74) is 1.29. The monoisotopic (exact) mass is 287 g/mol. The van der Waals surface area contributed by atoms with Gasteiger partial charge in [-0.1, -0.05) is 36.4 Å². The Labute approximate surface area is 118 Å². The number of quaternary nitrogens is 1. The van der Waals surface area contributed by atoms with E-state index in [0.29, 0.717) is 16.4 Å². The first-order chi connectivity index (χ1) is 9.54. The van der Waals surface area contributed by atoms with Crippen LogP contribution in [-0.4, -0.2) is 15.5 Å². The summed E-state index contributed by atoms with van der Waals surface area (Å²) in [6, 6.07) is 17.5. The van der Waals surface area contributed by atoms with Gasteiger partial charge in [0.15, 0.2) is 0 Å². The summed E-state index contributed by atoms with van der Waals surface area (Å²) in [4.78, 5) is 0.171. The standard InChI is InChI=1S/C15H14N2O2S/c1-17(12-13-6-3-2-4-7-13)20(18,19)15-9-5-8-14(10-15)11-16/h2-10H,12H2,1H3/p+1. The van der Waals surface area contributed by atoms with E-state index in [1.807, 2.05) is 36.4 Å². The third-order valence-corrected chi connectivity index (χ3v) is 4.96. The van der Waals surface area contributed by atoms with E-state index in [2.05, 4.69) is 0 Å². The normalized spacial score (nSPS) is 12.6. The molecule has 0 spiro atoms. The van der Waals surface area contributed by atoms with Crippen molar-refractivity contribution in [3.8, 4) is 6.07 Å². The van der Waals surface area contributed by atoms with E-state index in [1.165, 1.54) is 12.1 Å². The van der Waals surface area contributed by atoms with Crippen LogP contribution < -0.4 is 4.31 Å². The summed E-state index contributed by atoms with van der Waals surface area (Å²) in [6.07, 6.45) is 0. The molecule has 4 nitrogen and oxygen atoms in total. The van der Waals surface area contributed by atoms with Crippen LogP contribution in [0.2, 0.25) is 0 Å². The molecule has 0 aliphatic carbocycles. The Bertz CT molecular complexity index is 734. The fourth-order valence-electron chi connectivity index (χ4n) is 1.91. The number of benzene rings is 2. The first-order valence-electron chi connectivity index (χ1n) is 6.15. The third-order valence-electron chi connectivity index (χ3n) is 3.03. The van der Waals surface area contributed by atoms with Crippen LogP contribution in [0.5, 0.6) is 0 Å². The molecule has 1 atom stereocenters. The van der Waals surface area contributed by atoms with Gasteiger partial charge in [0.2, 0.25) is 0 Å². The zero-order valence-electron chi connectivity index (χ0n) is 11.1. The van der Waals surface area contributed by atoms with Gasteiger partial charge in [-0.05, 0) is 18.2 Å². The van der Waals surface area contributed by atoms with Gasteiger partial charge >= 0.3 is 10.0 Å². The van der Waals surface area contributed by atoms with Crippen molar-refractivity contribution < 1.29 is 12.7 Å². The lowest BCUT2D eigenvalue weighted by Gasteiger charge is -2.14. The minimum Gasteiger partial charge on any atom is -0.224 e. The first-order valence-corrected chi connectivity index (χ1v) is 7.64. The van der Waals surface area contributed by atoms with Crippen LogP contribution in [0, 0.1) is 11.3 Å². The van der Waals surface area contributed by atoms with Gasteiger partial charge in [-0.25, -0.2) is 4.31 Å². The maximum absolute atomic E-state index is 12.5. The van der Waals surface area contributed by atoms with E-state index < -0.39 is 10.0 Å². The quantitative estimate of drug-likeness (QED) is 0.911. The Morgan fingerprint density at radius 2 is 1.80 bits per heavy atom. The Hall–Kier alpha value is -2.16. The average molecular weight is 287 g/mol. The number of hydrogen-bond donors (Lipinski definition) is 1. The van der Waals surface area contributed by atoms with Crippen molar-refractivity contribution in [1.29, 1.82) is 5.26 Å². The Morgan fingerprint density at radius 1 is 1.10 bits per heavy atom. The van der Waals surface area contributed by atoms with Gasteiger partial charge in [0, 0.05) is 5.56 Å². The molecule has 0 amide bonds. The Kier molecular flexibility index (Phi) is 4.18. The highest BCUT2D eigenvalue weighted by Crippen LogP contribution is 2.09. The fourth-order valence-corrected chi connectivity index (χ4v) is 3.21. The van der Waals surface area contributed by atoms with Crippen LogP contribution in [0.4, 0.5) is 0 Å². The lowest BCUT2D eigenvalue weighted by atomic mass is 10.2. The molecule has 102 valence electrons. The molecular weight excluding hydrogens is 272 g/mol. The van der Waals surface area contributed by atoms with Crippen molar-refractivity contribution in [3.63, 3.8) is 0 Å². The molecule has 1 unspecified atom stereocenters. The predicted molar refractivity (Wildman–Crippen MR) is 75.4 cm³/mol. The van der Waals surface area contributed by atoms with Crippen molar-refractivity contribution in [1.82, 2.24) is 0 Å². The van der Waals surface area contributed by atoms with Gasteiger partial charge in [-0.3, -0.25) is 0 Å². The van der Waals surface area contributed by atoms with Crippen molar-refractivity contribution >= 4 is 10.0 Å². The van der Waals surface area contributed by atoms with E-state index in [9.17, 15) is 8.42 Å². The fraction of sp³-hybridized carbons (Fsp3) is 0.133. The minimum absolute atomic E-state index is 0.171. The van der Waals surface area contributed by atoms with Gasteiger partial charge in [0.25, 0.3) is 0 Å². The molecule has 2 aromatic rings. The SMILES string of the molecule is C[NH+](Cc1ccccc1)S(=O)(=O)c1cccc(C#N)c1. The number of nitriles is 1. The lowest BCUT2D eigenvalue weighted by Crippen LogP contribution is -3.09. The highest BCUT2D eigenvalue weighted by Gasteiger charge is 2.25. The number of nitrogens with zero attached hydrogens (tertiary/aromatic N) is 1. The molecule has 1 N–H and O–H groups in total. The third kappa shape index (κ3) is 3.05. The number of rotatable bonds is 4. The van der Waals surface area contributed by atoms with E-state index >= 15 is 0 Å². The second-order valence-electron chi connectivity index (χ2n) is 4.51. The Morgan fingerprint density at radius 3 is 2.45 bits per heavy atom. The first kappa shape index (κ1) is 14.3. The second-order valence-corrected chi connectivity index (χ2v) is 6.68. The number of sulfonamides is 1. The number of hydrogen-bond acceptors (Lipinski definition) is 3. The molecule has 20 heavy (non-hydrogen) atoms. The topological polar surface area (TPSA) is 62.4 Å². The smallest absolute Gasteiger partial charge is 0.224 e. The van der Waals surface area contributed by atoms with Crippen LogP contribution in [-0.2, 0) is 16.6 Å². The van der Waals surface area contributed by atoms with Crippen LogP contribution in [0.25, 0.3) is 0 Å². The van der Waals surface area contributed by atoms with Gasteiger partial charge in [0.1, 0.15) is 11.4 Å².